The molecule has 0 fully saturated rings. The van der Waals surface area contributed by atoms with Gasteiger partial charge in [0.05, 0.1) is 10.0 Å². The van der Waals surface area contributed by atoms with Gasteiger partial charge in [-0.2, -0.15) is 0 Å². The number of carboxylic acids is 1. The summed E-state index contributed by atoms with van der Waals surface area (Å²) in [6, 6.07) is 4.72. The largest absolute Gasteiger partial charge is 0.477 e. The predicted molar refractivity (Wildman–Crippen MR) is 69.6 cm³/mol. The lowest BCUT2D eigenvalue weighted by molar-refractivity contribution is 0.0690. The lowest BCUT2D eigenvalue weighted by atomic mass is 10.3. The van der Waals surface area contributed by atoms with Crippen molar-refractivity contribution in [1.29, 1.82) is 0 Å². The highest BCUT2D eigenvalue weighted by molar-refractivity contribution is 7.99. The van der Waals surface area contributed by atoms with Crippen LogP contribution in [0.2, 0.25) is 10.0 Å². The Morgan fingerprint density at radius 2 is 2.06 bits per heavy atom. The van der Waals surface area contributed by atoms with Gasteiger partial charge in [-0.25, -0.2) is 14.8 Å². The zero-order chi connectivity index (χ0) is 13.1. The van der Waals surface area contributed by atoms with E-state index in [9.17, 15) is 4.79 Å². The van der Waals surface area contributed by atoms with Crippen LogP contribution in [-0.2, 0) is 0 Å². The Morgan fingerprint density at radius 1 is 1.28 bits per heavy atom. The van der Waals surface area contributed by atoms with E-state index in [-0.39, 0.29) is 5.69 Å². The minimum Gasteiger partial charge on any atom is -0.477 e. The number of aromatic nitrogens is 2. The van der Waals surface area contributed by atoms with Crippen LogP contribution in [0.4, 0.5) is 0 Å². The number of rotatable bonds is 3. The van der Waals surface area contributed by atoms with Crippen molar-refractivity contribution in [1.82, 2.24) is 9.97 Å². The molecule has 0 spiro atoms. The molecule has 0 aliphatic rings. The van der Waals surface area contributed by atoms with Gasteiger partial charge in [0.25, 0.3) is 0 Å². The number of carboxylic acid groups (broad SMARTS) is 1. The topological polar surface area (TPSA) is 63.1 Å². The van der Waals surface area contributed by atoms with E-state index < -0.39 is 5.97 Å². The number of carbonyl (C=O) groups is 1. The molecule has 18 heavy (non-hydrogen) atoms. The second-order valence-electron chi connectivity index (χ2n) is 3.22. The van der Waals surface area contributed by atoms with E-state index in [0.29, 0.717) is 20.0 Å². The number of hydrogen-bond donors (Lipinski definition) is 1. The van der Waals surface area contributed by atoms with Gasteiger partial charge in [0.15, 0.2) is 0 Å². The molecule has 2 rings (SSSR count). The minimum atomic E-state index is -1.08. The Kier molecular flexibility index (Phi) is 4.06. The Morgan fingerprint density at radius 3 is 2.72 bits per heavy atom. The van der Waals surface area contributed by atoms with Gasteiger partial charge < -0.3 is 5.11 Å². The lowest BCUT2D eigenvalue weighted by Gasteiger charge is -2.03. The molecule has 0 atom stereocenters. The molecule has 0 saturated carbocycles. The third kappa shape index (κ3) is 3.13. The van der Waals surface area contributed by atoms with E-state index in [4.69, 9.17) is 28.3 Å². The molecular formula is C11H6Cl2N2O2S. The molecule has 0 unspecified atom stereocenters. The van der Waals surface area contributed by atoms with Crippen LogP contribution < -0.4 is 0 Å². The minimum absolute atomic E-state index is 0.0231. The molecule has 2 aromatic heterocycles. The van der Waals surface area contributed by atoms with E-state index in [1.54, 1.807) is 12.1 Å². The van der Waals surface area contributed by atoms with E-state index >= 15 is 0 Å². The zero-order valence-corrected chi connectivity index (χ0v) is 11.1. The molecule has 2 heterocycles. The quantitative estimate of drug-likeness (QED) is 0.937. The highest BCUT2D eigenvalue weighted by Crippen LogP contribution is 2.32. The summed E-state index contributed by atoms with van der Waals surface area (Å²) < 4.78 is 0. The molecular weight excluding hydrogens is 295 g/mol. The Hall–Kier alpha value is -1.30. The van der Waals surface area contributed by atoms with E-state index in [1.807, 2.05) is 0 Å². The Balaban J connectivity index is 2.28. The highest BCUT2D eigenvalue weighted by atomic mass is 35.5. The molecule has 0 radical (unpaired) electrons. The third-order valence-corrected chi connectivity index (χ3v) is 3.55. The van der Waals surface area contributed by atoms with Crippen molar-refractivity contribution >= 4 is 40.9 Å². The summed E-state index contributed by atoms with van der Waals surface area (Å²) in [6.07, 6.45) is 2.91. The van der Waals surface area contributed by atoms with Crippen molar-refractivity contribution < 1.29 is 9.90 Å². The van der Waals surface area contributed by atoms with Crippen LogP contribution in [0.3, 0.4) is 0 Å². The van der Waals surface area contributed by atoms with Crippen LogP contribution in [0, 0.1) is 0 Å². The molecule has 0 amide bonds. The first-order chi connectivity index (χ1) is 8.56. The molecule has 1 N–H and O–H groups in total. The fraction of sp³-hybridized carbons (Fsp3) is 0. The summed E-state index contributed by atoms with van der Waals surface area (Å²) in [5, 5.41) is 10.3. The molecule has 0 saturated heterocycles. The fourth-order valence-electron chi connectivity index (χ4n) is 1.18. The summed E-state index contributed by atoms with van der Waals surface area (Å²) in [7, 11) is 0. The van der Waals surface area contributed by atoms with Crippen LogP contribution >= 0.6 is 35.0 Å². The van der Waals surface area contributed by atoms with Crippen LogP contribution in [-0.4, -0.2) is 21.0 Å². The molecule has 0 aliphatic heterocycles. The summed E-state index contributed by atoms with van der Waals surface area (Å²) in [5.41, 5.74) is -0.0231. The van der Waals surface area contributed by atoms with Crippen molar-refractivity contribution in [2.75, 3.05) is 0 Å². The van der Waals surface area contributed by atoms with Crippen LogP contribution in [0.5, 0.6) is 0 Å². The lowest BCUT2D eigenvalue weighted by Crippen LogP contribution is -1.99. The number of hydrogen-bond acceptors (Lipinski definition) is 4. The second kappa shape index (κ2) is 5.56. The monoisotopic (exact) mass is 300 g/mol. The smallest absolute Gasteiger partial charge is 0.354 e. The van der Waals surface area contributed by atoms with Gasteiger partial charge in [-0.3, -0.25) is 0 Å². The number of aromatic carboxylic acids is 1. The molecule has 0 aromatic carbocycles. The summed E-state index contributed by atoms with van der Waals surface area (Å²) in [6.45, 7) is 0. The predicted octanol–water partition coefficient (Wildman–Crippen LogP) is 3.63. The third-order valence-electron chi connectivity index (χ3n) is 1.94. The van der Waals surface area contributed by atoms with Crippen LogP contribution in [0.25, 0.3) is 0 Å². The van der Waals surface area contributed by atoms with Gasteiger partial charge in [-0.15, -0.1) is 0 Å². The van der Waals surface area contributed by atoms with Gasteiger partial charge in [-0.1, -0.05) is 35.0 Å². The normalized spacial score (nSPS) is 10.3. The van der Waals surface area contributed by atoms with Crippen molar-refractivity contribution in [3.05, 3.63) is 46.3 Å². The molecule has 92 valence electrons. The van der Waals surface area contributed by atoms with Crippen molar-refractivity contribution in [2.45, 2.75) is 9.92 Å². The van der Waals surface area contributed by atoms with E-state index in [0.717, 1.165) is 0 Å². The molecule has 2 aromatic rings. The summed E-state index contributed by atoms with van der Waals surface area (Å²) in [5.74, 6) is -1.08. The molecule has 7 heteroatoms. The van der Waals surface area contributed by atoms with Gasteiger partial charge in [0, 0.05) is 17.3 Å². The number of pyridine rings is 2. The number of halogens is 2. The van der Waals surface area contributed by atoms with Gasteiger partial charge in [0.1, 0.15) is 10.7 Å². The standard InChI is InChI=1S/C11H6Cl2N2O2S/c12-6-3-8(13)10(15-5-6)18-7-1-2-14-9(4-7)11(16)17/h1-5H,(H,16,17). The first-order valence-electron chi connectivity index (χ1n) is 4.74. The van der Waals surface area contributed by atoms with E-state index in [1.165, 1.54) is 30.2 Å². The molecule has 4 nitrogen and oxygen atoms in total. The van der Waals surface area contributed by atoms with Crippen LogP contribution in [0.1, 0.15) is 10.5 Å². The first-order valence-corrected chi connectivity index (χ1v) is 6.32. The Labute approximate surface area is 117 Å². The highest BCUT2D eigenvalue weighted by Gasteiger charge is 2.09. The molecule has 0 bridgehead atoms. The fourth-order valence-corrected chi connectivity index (χ4v) is 2.46. The maximum absolute atomic E-state index is 10.8. The maximum atomic E-state index is 10.8. The van der Waals surface area contributed by atoms with Crippen LogP contribution in [0.15, 0.2) is 40.5 Å². The summed E-state index contributed by atoms with van der Waals surface area (Å²) in [4.78, 5) is 19.3. The second-order valence-corrected chi connectivity index (χ2v) is 5.13. The maximum Gasteiger partial charge on any atom is 0.354 e. The Bertz CT molecular complexity index is 607. The van der Waals surface area contributed by atoms with Gasteiger partial charge in [-0.05, 0) is 18.2 Å². The summed E-state index contributed by atoms with van der Waals surface area (Å²) >= 11 is 13.0. The van der Waals surface area contributed by atoms with Crippen molar-refractivity contribution in [3.8, 4) is 0 Å². The SMILES string of the molecule is O=C(O)c1cc(Sc2ncc(Cl)cc2Cl)ccn1. The number of nitrogens with zero attached hydrogens (tertiary/aromatic N) is 2. The average molecular weight is 301 g/mol. The van der Waals surface area contributed by atoms with Gasteiger partial charge >= 0.3 is 5.97 Å². The van der Waals surface area contributed by atoms with Crippen molar-refractivity contribution in [2.24, 2.45) is 0 Å². The zero-order valence-electron chi connectivity index (χ0n) is 8.80. The molecule has 0 aliphatic carbocycles. The van der Waals surface area contributed by atoms with E-state index in [2.05, 4.69) is 9.97 Å². The van der Waals surface area contributed by atoms with Gasteiger partial charge in [0.2, 0.25) is 0 Å². The average Bonchev–Trinajstić information content (AvgIpc) is 2.33. The van der Waals surface area contributed by atoms with Crippen molar-refractivity contribution in [3.63, 3.8) is 0 Å². The first kappa shape index (κ1) is 13.1.